The van der Waals surface area contributed by atoms with E-state index in [0.29, 0.717) is 18.2 Å². The predicted molar refractivity (Wildman–Crippen MR) is 81.9 cm³/mol. The minimum Gasteiger partial charge on any atom is -0.504 e. The lowest BCUT2D eigenvalue weighted by Gasteiger charge is -2.20. The molecule has 2 N–H and O–H groups in total. The molecule has 1 aromatic heterocycles. The van der Waals surface area contributed by atoms with E-state index in [1.54, 1.807) is 17.4 Å². The van der Waals surface area contributed by atoms with Crippen LogP contribution in [-0.4, -0.2) is 33.5 Å². The molecule has 1 aromatic carbocycles. The van der Waals surface area contributed by atoms with Crippen LogP contribution in [0.2, 0.25) is 0 Å². The number of hydrogen-bond donors (Lipinski definition) is 2. The lowest BCUT2D eigenvalue weighted by molar-refractivity contribution is 0.0919. The van der Waals surface area contributed by atoms with Gasteiger partial charge in [-0.05, 0) is 42.5 Å². The predicted octanol–water partition coefficient (Wildman–Crippen LogP) is 3.01. The van der Waals surface area contributed by atoms with Crippen LogP contribution in [0.3, 0.4) is 0 Å². The highest BCUT2D eigenvalue weighted by molar-refractivity contribution is 7.09. The molecular weight excluding hydrogens is 286 g/mol. The third-order valence-corrected chi connectivity index (χ3v) is 4.51. The van der Waals surface area contributed by atoms with Crippen LogP contribution in [0.25, 0.3) is 0 Å². The van der Waals surface area contributed by atoms with Gasteiger partial charge in [-0.2, -0.15) is 0 Å². The van der Waals surface area contributed by atoms with Crippen molar-refractivity contribution in [1.29, 1.82) is 0 Å². The first-order chi connectivity index (χ1) is 10.1. The Bertz CT molecular complexity index is 635. The van der Waals surface area contributed by atoms with Gasteiger partial charge in [0.05, 0.1) is 6.54 Å². The number of carbonyl (C=O) groups is 1. The molecule has 21 heavy (non-hydrogen) atoms. The molecule has 0 unspecified atom stereocenters. The summed E-state index contributed by atoms with van der Waals surface area (Å²) in [4.78, 5) is 15.8. The molecule has 0 atom stereocenters. The smallest absolute Gasteiger partial charge is 0.176 e. The van der Waals surface area contributed by atoms with Crippen LogP contribution < -0.4 is 0 Å². The van der Waals surface area contributed by atoms with Gasteiger partial charge in [0.15, 0.2) is 17.3 Å². The molecule has 2 aromatic rings. The summed E-state index contributed by atoms with van der Waals surface area (Å²) in [7, 11) is 0. The second-order valence-electron chi connectivity index (χ2n) is 5.34. The molecule has 5 heteroatoms. The molecule has 1 saturated carbocycles. The number of ketones is 1. The number of hydrogen-bond acceptors (Lipinski definition) is 5. The standard InChI is InChI=1S/C16H17NO3S/c18-14-6-3-11(8-15(14)19)16(20)10-17(12-4-5-12)9-13-2-1-7-21-13/h1-3,6-8,12,18-19H,4-5,9-10H2. The average molecular weight is 303 g/mol. The van der Waals surface area contributed by atoms with Crippen molar-refractivity contribution in [2.24, 2.45) is 0 Å². The Labute approximate surface area is 127 Å². The quantitative estimate of drug-likeness (QED) is 0.636. The van der Waals surface area contributed by atoms with Crippen LogP contribution in [-0.2, 0) is 6.54 Å². The summed E-state index contributed by atoms with van der Waals surface area (Å²) in [5.41, 5.74) is 0.433. The minimum absolute atomic E-state index is 0.0336. The van der Waals surface area contributed by atoms with Crippen molar-refractivity contribution >= 4 is 17.1 Å². The van der Waals surface area contributed by atoms with E-state index in [-0.39, 0.29) is 17.3 Å². The molecule has 0 amide bonds. The maximum absolute atomic E-state index is 12.3. The first-order valence-electron chi connectivity index (χ1n) is 6.95. The Hall–Kier alpha value is -1.85. The zero-order valence-corrected chi connectivity index (χ0v) is 12.3. The van der Waals surface area contributed by atoms with Crippen LogP contribution in [0.15, 0.2) is 35.7 Å². The molecule has 0 bridgehead atoms. The van der Waals surface area contributed by atoms with E-state index >= 15 is 0 Å². The number of rotatable bonds is 6. The van der Waals surface area contributed by atoms with Crippen molar-refractivity contribution in [3.05, 3.63) is 46.2 Å². The van der Waals surface area contributed by atoms with Gasteiger partial charge in [-0.1, -0.05) is 6.07 Å². The normalized spacial score (nSPS) is 14.5. The topological polar surface area (TPSA) is 60.8 Å². The number of aromatic hydroxyl groups is 2. The fourth-order valence-electron chi connectivity index (χ4n) is 2.33. The molecule has 0 aliphatic heterocycles. The van der Waals surface area contributed by atoms with Crippen LogP contribution in [0, 0.1) is 0 Å². The van der Waals surface area contributed by atoms with Gasteiger partial charge in [0.25, 0.3) is 0 Å². The van der Waals surface area contributed by atoms with E-state index in [1.807, 2.05) is 11.4 Å². The largest absolute Gasteiger partial charge is 0.504 e. The highest BCUT2D eigenvalue weighted by Crippen LogP contribution is 2.30. The van der Waals surface area contributed by atoms with E-state index < -0.39 is 0 Å². The summed E-state index contributed by atoms with van der Waals surface area (Å²) < 4.78 is 0. The molecular formula is C16H17NO3S. The van der Waals surface area contributed by atoms with Crippen LogP contribution >= 0.6 is 11.3 Å². The van der Waals surface area contributed by atoms with Crippen LogP contribution in [0.5, 0.6) is 11.5 Å². The van der Waals surface area contributed by atoms with Gasteiger partial charge in [0.1, 0.15) is 0 Å². The fraction of sp³-hybridized carbons (Fsp3) is 0.312. The molecule has 4 nitrogen and oxygen atoms in total. The molecule has 3 rings (SSSR count). The Morgan fingerprint density at radius 2 is 2.05 bits per heavy atom. The second kappa shape index (κ2) is 5.87. The number of benzene rings is 1. The van der Waals surface area contributed by atoms with E-state index in [9.17, 15) is 15.0 Å². The van der Waals surface area contributed by atoms with Gasteiger partial charge in [0, 0.05) is 23.0 Å². The fourth-order valence-corrected chi connectivity index (χ4v) is 3.06. The maximum Gasteiger partial charge on any atom is 0.176 e. The number of phenols is 2. The molecule has 1 aliphatic rings. The van der Waals surface area contributed by atoms with Crippen molar-refractivity contribution in [2.75, 3.05) is 6.54 Å². The Morgan fingerprint density at radius 3 is 2.67 bits per heavy atom. The summed E-state index contributed by atoms with van der Waals surface area (Å²) >= 11 is 1.70. The third kappa shape index (κ3) is 3.43. The van der Waals surface area contributed by atoms with E-state index in [1.165, 1.54) is 17.0 Å². The van der Waals surface area contributed by atoms with Crippen molar-refractivity contribution in [3.8, 4) is 11.5 Å². The first-order valence-corrected chi connectivity index (χ1v) is 7.83. The number of carbonyl (C=O) groups excluding carboxylic acids is 1. The van der Waals surface area contributed by atoms with Gasteiger partial charge >= 0.3 is 0 Å². The summed E-state index contributed by atoms with van der Waals surface area (Å²) in [5, 5.41) is 20.8. The highest BCUT2D eigenvalue weighted by Gasteiger charge is 2.30. The first kappa shape index (κ1) is 14.1. The van der Waals surface area contributed by atoms with E-state index in [2.05, 4.69) is 11.0 Å². The molecule has 1 heterocycles. The SMILES string of the molecule is O=C(CN(Cc1cccs1)C1CC1)c1ccc(O)c(O)c1. The third-order valence-electron chi connectivity index (χ3n) is 3.65. The highest BCUT2D eigenvalue weighted by atomic mass is 32.1. The number of nitrogens with zero attached hydrogens (tertiary/aromatic N) is 1. The molecule has 110 valence electrons. The minimum atomic E-state index is -0.253. The van der Waals surface area contributed by atoms with Gasteiger partial charge in [-0.15, -0.1) is 11.3 Å². The summed E-state index contributed by atoms with van der Waals surface area (Å²) in [6.45, 7) is 1.13. The van der Waals surface area contributed by atoms with Crippen molar-refractivity contribution in [1.82, 2.24) is 4.90 Å². The summed E-state index contributed by atoms with van der Waals surface area (Å²) in [6.07, 6.45) is 2.28. The summed E-state index contributed by atoms with van der Waals surface area (Å²) in [5.74, 6) is -0.491. The lowest BCUT2D eigenvalue weighted by Crippen LogP contribution is -2.31. The molecule has 1 aliphatic carbocycles. The zero-order valence-electron chi connectivity index (χ0n) is 11.5. The van der Waals surface area contributed by atoms with Gasteiger partial charge in [-0.25, -0.2) is 0 Å². The average Bonchev–Trinajstić information content (AvgIpc) is 3.19. The monoisotopic (exact) mass is 303 g/mol. The Balaban J connectivity index is 1.70. The van der Waals surface area contributed by atoms with Crippen molar-refractivity contribution in [3.63, 3.8) is 0 Å². The van der Waals surface area contributed by atoms with Crippen LogP contribution in [0.4, 0.5) is 0 Å². The zero-order chi connectivity index (χ0) is 14.8. The number of phenolic OH excluding ortho intramolecular Hbond substituents is 2. The molecule has 0 spiro atoms. The lowest BCUT2D eigenvalue weighted by atomic mass is 10.1. The van der Waals surface area contributed by atoms with Crippen LogP contribution in [0.1, 0.15) is 28.1 Å². The van der Waals surface area contributed by atoms with E-state index in [4.69, 9.17) is 0 Å². The Kier molecular flexibility index (Phi) is 3.94. The summed E-state index contributed by atoms with van der Waals surface area (Å²) in [6, 6.07) is 8.81. The molecule has 0 saturated heterocycles. The number of Topliss-reactive ketones (excluding diaryl/α,β-unsaturated/α-hetero) is 1. The maximum atomic E-state index is 12.3. The van der Waals surface area contributed by atoms with E-state index in [0.717, 1.165) is 19.4 Å². The molecule has 1 fully saturated rings. The van der Waals surface area contributed by atoms with Crippen molar-refractivity contribution < 1.29 is 15.0 Å². The Morgan fingerprint density at radius 1 is 1.24 bits per heavy atom. The second-order valence-corrected chi connectivity index (χ2v) is 6.37. The van der Waals surface area contributed by atoms with Gasteiger partial charge in [-0.3, -0.25) is 9.69 Å². The van der Waals surface area contributed by atoms with Gasteiger partial charge < -0.3 is 10.2 Å². The van der Waals surface area contributed by atoms with Crippen molar-refractivity contribution in [2.45, 2.75) is 25.4 Å². The molecule has 0 radical (unpaired) electrons. The number of thiophene rings is 1. The van der Waals surface area contributed by atoms with Gasteiger partial charge in [0.2, 0.25) is 0 Å².